The van der Waals surface area contributed by atoms with Crippen LogP contribution in [0.25, 0.3) is 0 Å². The Hall–Kier alpha value is -1.65. The number of aromatic nitrogens is 2. The van der Waals surface area contributed by atoms with E-state index in [2.05, 4.69) is 10.2 Å². The molecule has 1 aromatic rings. The van der Waals surface area contributed by atoms with Gasteiger partial charge in [-0.15, -0.1) is 5.10 Å². The summed E-state index contributed by atoms with van der Waals surface area (Å²) in [5, 5.41) is 7.79. The number of likely N-dealkylation sites (tertiary alicyclic amines) is 1. The van der Waals surface area contributed by atoms with Gasteiger partial charge in [-0.1, -0.05) is 32.1 Å². The van der Waals surface area contributed by atoms with E-state index in [0.29, 0.717) is 24.8 Å². The molecule has 126 valence electrons. The van der Waals surface area contributed by atoms with Crippen molar-refractivity contribution in [1.29, 1.82) is 0 Å². The van der Waals surface area contributed by atoms with E-state index in [0.717, 1.165) is 31.7 Å². The highest BCUT2D eigenvalue weighted by molar-refractivity contribution is 5.76. The molecule has 1 saturated heterocycles. The van der Waals surface area contributed by atoms with Crippen LogP contribution in [0.1, 0.15) is 57.8 Å². The van der Waals surface area contributed by atoms with Gasteiger partial charge in [-0.05, 0) is 31.2 Å². The van der Waals surface area contributed by atoms with E-state index >= 15 is 0 Å². The van der Waals surface area contributed by atoms with Crippen LogP contribution in [-0.4, -0.2) is 40.2 Å². The fraction of sp³-hybridized carbons (Fsp3) is 0.722. The van der Waals surface area contributed by atoms with Crippen molar-refractivity contribution in [3.63, 3.8) is 0 Å². The molecular formula is C18H27N3O2. The molecule has 1 saturated carbocycles. The molecule has 1 aliphatic heterocycles. The lowest BCUT2D eigenvalue weighted by Gasteiger charge is -2.33. The second-order valence-electron chi connectivity index (χ2n) is 6.83. The first-order chi connectivity index (χ1) is 11.3. The molecule has 5 heteroatoms. The van der Waals surface area contributed by atoms with E-state index in [4.69, 9.17) is 4.74 Å². The zero-order chi connectivity index (χ0) is 15.9. The quantitative estimate of drug-likeness (QED) is 0.837. The summed E-state index contributed by atoms with van der Waals surface area (Å²) in [6.45, 7) is 1.55. The molecule has 0 bridgehead atoms. The van der Waals surface area contributed by atoms with Crippen molar-refractivity contribution in [2.45, 2.75) is 63.9 Å². The largest absolute Gasteiger partial charge is 0.471 e. The van der Waals surface area contributed by atoms with Gasteiger partial charge in [-0.2, -0.15) is 5.10 Å². The van der Waals surface area contributed by atoms with Crippen LogP contribution in [0.3, 0.4) is 0 Å². The van der Waals surface area contributed by atoms with Gasteiger partial charge in [0.05, 0.1) is 6.54 Å². The average molecular weight is 317 g/mol. The van der Waals surface area contributed by atoms with Gasteiger partial charge < -0.3 is 9.64 Å². The van der Waals surface area contributed by atoms with Gasteiger partial charge >= 0.3 is 0 Å². The first-order valence-corrected chi connectivity index (χ1v) is 9.03. The number of piperidine rings is 1. The molecular weight excluding hydrogens is 290 g/mol. The highest BCUT2D eigenvalue weighted by Gasteiger charge is 2.25. The Morgan fingerprint density at radius 3 is 2.87 bits per heavy atom. The normalized spacial score (nSPS) is 22.8. The van der Waals surface area contributed by atoms with Crippen molar-refractivity contribution in [1.82, 2.24) is 15.1 Å². The van der Waals surface area contributed by atoms with Gasteiger partial charge in [-0.3, -0.25) is 4.79 Å². The van der Waals surface area contributed by atoms with Crippen molar-refractivity contribution in [3.8, 4) is 5.88 Å². The van der Waals surface area contributed by atoms with E-state index in [-0.39, 0.29) is 6.10 Å². The zero-order valence-corrected chi connectivity index (χ0v) is 13.8. The number of nitrogens with zero attached hydrogens (tertiary/aromatic N) is 3. The third kappa shape index (κ3) is 4.91. The number of carbonyl (C=O) groups is 1. The van der Waals surface area contributed by atoms with E-state index in [1.807, 2.05) is 17.0 Å². The van der Waals surface area contributed by atoms with E-state index in [9.17, 15) is 4.79 Å². The molecule has 5 nitrogen and oxygen atoms in total. The summed E-state index contributed by atoms with van der Waals surface area (Å²) in [6, 6.07) is 3.63. The minimum absolute atomic E-state index is 0.0408. The van der Waals surface area contributed by atoms with Crippen molar-refractivity contribution >= 4 is 5.91 Å². The lowest BCUT2D eigenvalue weighted by molar-refractivity contribution is -0.134. The van der Waals surface area contributed by atoms with Crippen LogP contribution in [0, 0.1) is 5.92 Å². The van der Waals surface area contributed by atoms with Crippen LogP contribution in [0.4, 0.5) is 0 Å². The smallest absolute Gasteiger partial charge is 0.233 e. The molecule has 0 radical (unpaired) electrons. The number of carbonyl (C=O) groups excluding carboxylic acids is 1. The standard InChI is InChI=1S/C18H27N3O2/c22-18(11-10-15-6-2-1-3-7-15)21-13-5-8-16(14-21)23-17-9-4-12-19-20-17/h4,9,12,15-16H,1-3,5-8,10-11,13-14H2. The fourth-order valence-corrected chi connectivity index (χ4v) is 3.74. The number of amides is 1. The summed E-state index contributed by atoms with van der Waals surface area (Å²) in [5.41, 5.74) is 0. The Bertz CT molecular complexity index is 488. The highest BCUT2D eigenvalue weighted by atomic mass is 16.5. The van der Waals surface area contributed by atoms with Gasteiger partial charge in [0.1, 0.15) is 6.10 Å². The Labute approximate surface area is 138 Å². The summed E-state index contributed by atoms with van der Waals surface area (Å²) in [4.78, 5) is 14.5. The molecule has 1 amide bonds. The number of ether oxygens (including phenoxy) is 1. The molecule has 2 fully saturated rings. The molecule has 0 aromatic carbocycles. The van der Waals surface area contributed by atoms with Crippen LogP contribution in [-0.2, 0) is 4.79 Å². The highest BCUT2D eigenvalue weighted by Crippen LogP contribution is 2.27. The summed E-state index contributed by atoms with van der Waals surface area (Å²) in [5.74, 6) is 1.61. The van der Waals surface area contributed by atoms with Crippen LogP contribution < -0.4 is 4.74 Å². The summed E-state index contributed by atoms with van der Waals surface area (Å²) < 4.78 is 5.86. The van der Waals surface area contributed by atoms with Gasteiger partial charge in [0.25, 0.3) is 0 Å². The zero-order valence-electron chi connectivity index (χ0n) is 13.8. The molecule has 2 aliphatic rings. The van der Waals surface area contributed by atoms with Crippen molar-refractivity contribution in [3.05, 3.63) is 18.3 Å². The Morgan fingerprint density at radius 1 is 1.22 bits per heavy atom. The second-order valence-corrected chi connectivity index (χ2v) is 6.83. The Kier molecular flexibility index (Phi) is 5.83. The third-order valence-electron chi connectivity index (χ3n) is 5.06. The number of hydrogen-bond donors (Lipinski definition) is 0. The third-order valence-corrected chi connectivity index (χ3v) is 5.06. The van der Waals surface area contributed by atoms with Gasteiger partial charge in [0, 0.05) is 25.2 Å². The minimum atomic E-state index is 0.0408. The molecule has 1 aliphatic carbocycles. The fourth-order valence-electron chi connectivity index (χ4n) is 3.74. The summed E-state index contributed by atoms with van der Waals surface area (Å²) in [6.07, 6.45) is 12.1. The lowest BCUT2D eigenvalue weighted by Crippen LogP contribution is -2.44. The summed E-state index contributed by atoms with van der Waals surface area (Å²) >= 11 is 0. The van der Waals surface area contributed by atoms with Crippen molar-refractivity contribution in [2.75, 3.05) is 13.1 Å². The topological polar surface area (TPSA) is 55.3 Å². The van der Waals surface area contributed by atoms with Gasteiger partial charge in [0.2, 0.25) is 11.8 Å². The first kappa shape index (κ1) is 16.2. The molecule has 1 aromatic heterocycles. The lowest BCUT2D eigenvalue weighted by atomic mass is 9.86. The summed E-state index contributed by atoms with van der Waals surface area (Å²) in [7, 11) is 0. The minimum Gasteiger partial charge on any atom is -0.471 e. The second kappa shape index (κ2) is 8.27. The maximum absolute atomic E-state index is 12.5. The molecule has 0 N–H and O–H groups in total. The molecule has 1 atom stereocenters. The van der Waals surface area contributed by atoms with Gasteiger partial charge in [-0.25, -0.2) is 0 Å². The Morgan fingerprint density at radius 2 is 2.09 bits per heavy atom. The predicted molar refractivity (Wildman–Crippen MR) is 88.1 cm³/mol. The van der Waals surface area contributed by atoms with Crippen molar-refractivity contribution < 1.29 is 9.53 Å². The maximum atomic E-state index is 12.5. The number of hydrogen-bond acceptors (Lipinski definition) is 4. The van der Waals surface area contributed by atoms with E-state index in [1.165, 1.54) is 32.1 Å². The number of rotatable bonds is 5. The molecule has 3 rings (SSSR count). The average Bonchev–Trinajstić information content (AvgIpc) is 2.62. The van der Waals surface area contributed by atoms with Gasteiger partial charge in [0.15, 0.2) is 0 Å². The van der Waals surface area contributed by atoms with E-state index in [1.54, 1.807) is 6.20 Å². The molecule has 0 spiro atoms. The maximum Gasteiger partial charge on any atom is 0.233 e. The Balaban J connectivity index is 1.44. The van der Waals surface area contributed by atoms with Crippen LogP contribution in [0.15, 0.2) is 18.3 Å². The SMILES string of the molecule is O=C(CCC1CCCCC1)N1CCCC(Oc2cccnn2)C1. The van der Waals surface area contributed by atoms with Crippen LogP contribution in [0.5, 0.6) is 5.88 Å². The monoisotopic (exact) mass is 317 g/mol. The molecule has 1 unspecified atom stereocenters. The van der Waals surface area contributed by atoms with Crippen LogP contribution in [0.2, 0.25) is 0 Å². The first-order valence-electron chi connectivity index (χ1n) is 9.03. The van der Waals surface area contributed by atoms with E-state index < -0.39 is 0 Å². The van der Waals surface area contributed by atoms with Crippen molar-refractivity contribution in [2.24, 2.45) is 5.92 Å². The molecule has 23 heavy (non-hydrogen) atoms. The van der Waals surface area contributed by atoms with Crippen LogP contribution >= 0.6 is 0 Å². The predicted octanol–water partition coefficient (Wildman–Crippen LogP) is 3.21. The molecule has 2 heterocycles.